The zero-order valence-corrected chi connectivity index (χ0v) is 16.7. The Balaban J connectivity index is 1.50. The molecule has 1 aromatic heterocycles. The van der Waals surface area contributed by atoms with E-state index in [1.54, 1.807) is 42.8 Å². The average Bonchev–Trinajstić information content (AvgIpc) is 3.27. The van der Waals surface area contributed by atoms with Crippen LogP contribution in [0.5, 0.6) is 5.75 Å². The van der Waals surface area contributed by atoms with Crippen LogP contribution in [0.2, 0.25) is 0 Å². The van der Waals surface area contributed by atoms with Gasteiger partial charge < -0.3 is 9.57 Å². The summed E-state index contributed by atoms with van der Waals surface area (Å²) in [5.41, 5.74) is 1.24. The van der Waals surface area contributed by atoms with Crippen molar-refractivity contribution in [2.75, 3.05) is 6.61 Å². The van der Waals surface area contributed by atoms with E-state index in [-0.39, 0.29) is 19.0 Å². The number of hydrogen-bond acceptors (Lipinski definition) is 6. The first-order valence-corrected chi connectivity index (χ1v) is 9.69. The second-order valence-corrected chi connectivity index (χ2v) is 7.11. The van der Waals surface area contributed by atoms with Crippen LogP contribution in [0, 0.1) is 0 Å². The number of nitrogens with zero attached hydrogens (tertiary/aromatic N) is 2. The highest BCUT2D eigenvalue weighted by molar-refractivity contribution is 7.11. The van der Waals surface area contributed by atoms with E-state index in [9.17, 15) is 18.0 Å². The fraction of sp³-hybridized carbons (Fsp3) is 0.190. The van der Waals surface area contributed by atoms with Crippen LogP contribution in [0.1, 0.15) is 33.4 Å². The van der Waals surface area contributed by atoms with Crippen LogP contribution in [0.4, 0.5) is 13.2 Å². The molecule has 0 aliphatic carbocycles. The zero-order valence-electron chi connectivity index (χ0n) is 15.8. The van der Waals surface area contributed by atoms with Crippen molar-refractivity contribution in [2.24, 2.45) is 5.16 Å². The average molecular weight is 434 g/mol. The first-order chi connectivity index (χ1) is 14.3. The van der Waals surface area contributed by atoms with Crippen molar-refractivity contribution in [3.8, 4) is 5.75 Å². The van der Waals surface area contributed by atoms with E-state index in [0.29, 0.717) is 22.0 Å². The van der Waals surface area contributed by atoms with Crippen molar-refractivity contribution in [2.45, 2.75) is 19.7 Å². The van der Waals surface area contributed by atoms with Crippen molar-refractivity contribution in [3.63, 3.8) is 0 Å². The van der Waals surface area contributed by atoms with Crippen molar-refractivity contribution in [3.05, 3.63) is 81.8 Å². The van der Waals surface area contributed by atoms with E-state index in [1.165, 1.54) is 23.5 Å². The Bertz CT molecular complexity index is 999. The summed E-state index contributed by atoms with van der Waals surface area (Å²) >= 11 is 1.26. The highest BCUT2D eigenvalue weighted by Crippen LogP contribution is 2.29. The highest BCUT2D eigenvalue weighted by atomic mass is 32.1. The van der Waals surface area contributed by atoms with Crippen LogP contribution in [-0.4, -0.2) is 23.1 Å². The Morgan fingerprint density at radius 3 is 2.40 bits per heavy atom. The second kappa shape index (κ2) is 9.53. The second-order valence-electron chi connectivity index (χ2n) is 6.22. The van der Waals surface area contributed by atoms with Crippen LogP contribution >= 0.6 is 11.3 Å². The van der Waals surface area contributed by atoms with Crippen LogP contribution in [0.25, 0.3) is 0 Å². The van der Waals surface area contributed by atoms with Gasteiger partial charge in [-0.2, -0.15) is 13.2 Å². The summed E-state index contributed by atoms with van der Waals surface area (Å²) < 4.78 is 43.2. The SMILES string of the molecule is C/C(=N\OCc1ccc(C(F)(F)F)cc1)c1ccc(OCC(=O)c2nccs2)cc1. The number of aromatic nitrogens is 1. The smallest absolute Gasteiger partial charge is 0.416 e. The Labute approximate surface area is 174 Å². The first kappa shape index (κ1) is 21.5. The molecule has 0 saturated heterocycles. The number of ketones is 1. The van der Waals surface area contributed by atoms with Crippen molar-refractivity contribution < 1.29 is 27.5 Å². The Morgan fingerprint density at radius 2 is 1.80 bits per heavy atom. The van der Waals surface area contributed by atoms with Crippen LogP contribution in [0.3, 0.4) is 0 Å². The lowest BCUT2D eigenvalue weighted by Crippen LogP contribution is -2.11. The monoisotopic (exact) mass is 434 g/mol. The molecule has 30 heavy (non-hydrogen) atoms. The molecular formula is C21H17F3N2O3S. The summed E-state index contributed by atoms with van der Waals surface area (Å²) in [7, 11) is 0. The molecule has 0 bridgehead atoms. The first-order valence-electron chi connectivity index (χ1n) is 8.81. The minimum Gasteiger partial charge on any atom is -0.485 e. The summed E-state index contributed by atoms with van der Waals surface area (Å²) in [5.74, 6) is 0.339. The van der Waals surface area contributed by atoms with E-state index in [1.807, 2.05) is 0 Å². The van der Waals surface area contributed by atoms with Gasteiger partial charge in [-0.25, -0.2) is 4.98 Å². The lowest BCUT2D eigenvalue weighted by Gasteiger charge is -2.08. The van der Waals surface area contributed by atoms with E-state index in [2.05, 4.69) is 10.1 Å². The minimum atomic E-state index is -4.36. The Hall–Kier alpha value is -3.20. The maximum absolute atomic E-state index is 12.6. The third kappa shape index (κ3) is 5.90. The minimum absolute atomic E-state index is 0.0511. The predicted octanol–water partition coefficient (Wildman–Crippen LogP) is 5.36. The molecule has 0 unspecified atom stereocenters. The molecule has 5 nitrogen and oxygen atoms in total. The quantitative estimate of drug-likeness (QED) is 0.272. The number of alkyl halides is 3. The number of carbonyl (C=O) groups excluding carboxylic acids is 1. The van der Waals surface area contributed by atoms with Crippen LogP contribution in [-0.2, 0) is 17.6 Å². The molecule has 0 spiro atoms. The van der Waals surface area contributed by atoms with E-state index in [4.69, 9.17) is 9.57 Å². The Morgan fingerprint density at radius 1 is 1.10 bits per heavy atom. The third-order valence-electron chi connectivity index (χ3n) is 4.03. The Kier molecular flexibility index (Phi) is 6.83. The molecule has 1 heterocycles. The maximum atomic E-state index is 12.6. The molecule has 0 atom stereocenters. The molecule has 0 saturated carbocycles. The number of hydrogen-bond donors (Lipinski definition) is 0. The van der Waals surface area contributed by atoms with Gasteiger partial charge in [-0.15, -0.1) is 11.3 Å². The summed E-state index contributed by atoms with van der Waals surface area (Å²) in [5, 5.41) is 6.12. The number of rotatable bonds is 8. The number of halogens is 3. The molecule has 2 aromatic carbocycles. The van der Waals surface area contributed by atoms with E-state index in [0.717, 1.165) is 17.7 Å². The molecule has 0 radical (unpaired) electrons. The van der Waals surface area contributed by atoms with E-state index < -0.39 is 11.7 Å². The molecule has 9 heteroatoms. The molecule has 0 aliphatic heterocycles. The van der Waals surface area contributed by atoms with Gasteiger partial charge in [0.2, 0.25) is 5.78 Å². The van der Waals surface area contributed by atoms with Crippen LogP contribution in [0.15, 0.2) is 65.3 Å². The van der Waals surface area contributed by atoms with Gasteiger partial charge in [0.15, 0.2) is 11.6 Å². The van der Waals surface area contributed by atoms with Gasteiger partial charge in [0.1, 0.15) is 12.4 Å². The van der Waals surface area contributed by atoms with Gasteiger partial charge in [-0.3, -0.25) is 4.79 Å². The summed E-state index contributed by atoms with van der Waals surface area (Å²) in [6.45, 7) is 1.69. The molecule has 3 rings (SSSR count). The lowest BCUT2D eigenvalue weighted by molar-refractivity contribution is -0.137. The topological polar surface area (TPSA) is 60.8 Å². The molecule has 0 fully saturated rings. The number of Topliss-reactive ketones (excluding diaryl/α,β-unsaturated/α-hetero) is 1. The molecule has 0 N–H and O–H groups in total. The number of ether oxygens (including phenoxy) is 1. The molecule has 156 valence electrons. The summed E-state index contributed by atoms with van der Waals surface area (Å²) in [4.78, 5) is 21.1. The van der Waals surface area contributed by atoms with Crippen LogP contribution < -0.4 is 4.74 Å². The number of thiazole rings is 1. The van der Waals surface area contributed by atoms with E-state index >= 15 is 0 Å². The van der Waals surface area contributed by atoms with Crippen molar-refractivity contribution in [1.82, 2.24) is 4.98 Å². The highest BCUT2D eigenvalue weighted by Gasteiger charge is 2.29. The predicted molar refractivity (Wildman–Crippen MR) is 107 cm³/mol. The summed E-state index contributed by atoms with van der Waals surface area (Å²) in [6, 6.07) is 11.7. The fourth-order valence-corrected chi connectivity index (χ4v) is 2.97. The number of oxime groups is 1. The maximum Gasteiger partial charge on any atom is 0.416 e. The van der Waals surface area contributed by atoms with Gasteiger partial charge in [0.05, 0.1) is 11.3 Å². The lowest BCUT2D eigenvalue weighted by atomic mass is 10.1. The number of carbonyl (C=O) groups is 1. The fourth-order valence-electron chi connectivity index (χ4n) is 2.41. The summed E-state index contributed by atoms with van der Waals surface area (Å²) in [6.07, 6.45) is -2.80. The molecule has 3 aromatic rings. The van der Waals surface area contributed by atoms with Gasteiger partial charge in [-0.05, 0) is 54.4 Å². The molecule has 0 amide bonds. The number of benzene rings is 2. The van der Waals surface area contributed by atoms with Gasteiger partial charge in [0, 0.05) is 11.6 Å². The van der Waals surface area contributed by atoms with Gasteiger partial charge in [0.25, 0.3) is 0 Å². The molecular weight excluding hydrogens is 417 g/mol. The zero-order chi connectivity index (χ0) is 21.6. The standard InChI is InChI=1S/C21H17F3N2O3S/c1-14(26-29-12-15-2-6-17(7-3-15)21(22,23)24)16-4-8-18(9-5-16)28-13-19(27)20-25-10-11-30-20/h2-11H,12-13H2,1H3/b26-14+. The van der Waals surface area contributed by atoms with Gasteiger partial charge in [-0.1, -0.05) is 17.3 Å². The molecule has 0 aliphatic rings. The van der Waals surface area contributed by atoms with Gasteiger partial charge >= 0.3 is 6.18 Å². The largest absolute Gasteiger partial charge is 0.485 e. The normalized spacial score (nSPS) is 11.9. The van der Waals surface area contributed by atoms with Crippen molar-refractivity contribution in [1.29, 1.82) is 0 Å². The van der Waals surface area contributed by atoms with Crippen molar-refractivity contribution >= 4 is 22.8 Å². The third-order valence-corrected chi connectivity index (χ3v) is 4.84.